The lowest BCUT2D eigenvalue weighted by molar-refractivity contribution is -0.135. The molecular weight excluding hydrogens is 240 g/mol. The lowest BCUT2D eigenvalue weighted by Crippen LogP contribution is -2.40. The zero-order valence-electron chi connectivity index (χ0n) is 10.9. The summed E-state index contributed by atoms with van der Waals surface area (Å²) >= 11 is 0. The summed E-state index contributed by atoms with van der Waals surface area (Å²) in [4.78, 5) is 27.9. The number of para-hydroxylation sites is 1. The molecule has 0 bridgehead atoms. The minimum Gasteiger partial charge on any atom is -0.333 e. The number of carbonyl (C=O) groups excluding carboxylic acids is 2. The van der Waals surface area contributed by atoms with Crippen LogP contribution in [0, 0.1) is 5.92 Å². The molecule has 1 aromatic rings. The van der Waals surface area contributed by atoms with E-state index in [1.54, 1.807) is 9.80 Å². The van der Waals surface area contributed by atoms with Crippen LogP contribution in [0.1, 0.15) is 19.3 Å². The van der Waals surface area contributed by atoms with Crippen molar-refractivity contribution >= 4 is 17.5 Å². The summed E-state index contributed by atoms with van der Waals surface area (Å²) in [5.41, 5.74) is 0.924. The van der Waals surface area contributed by atoms with Crippen LogP contribution in [0.25, 0.3) is 0 Å². The van der Waals surface area contributed by atoms with Crippen LogP contribution in [0.15, 0.2) is 30.3 Å². The summed E-state index contributed by atoms with van der Waals surface area (Å²) in [6.45, 7) is 1.62. The maximum Gasteiger partial charge on any atom is 0.246 e. The number of nitrogens with zero attached hydrogens (tertiary/aromatic N) is 2. The summed E-state index contributed by atoms with van der Waals surface area (Å²) in [5.74, 6) is 0.386. The highest BCUT2D eigenvalue weighted by Gasteiger charge is 2.35. The van der Waals surface area contributed by atoms with Crippen molar-refractivity contribution < 1.29 is 9.59 Å². The molecule has 0 atom stereocenters. The first-order chi connectivity index (χ1) is 9.25. The topological polar surface area (TPSA) is 40.6 Å². The predicted molar refractivity (Wildman–Crippen MR) is 72.7 cm³/mol. The molecule has 1 aromatic carbocycles. The molecule has 2 amide bonds. The summed E-state index contributed by atoms with van der Waals surface area (Å²) in [6.07, 6.45) is 2.83. The van der Waals surface area contributed by atoms with Crippen LogP contribution in [0.4, 0.5) is 5.69 Å². The number of rotatable bonds is 2. The molecule has 1 aliphatic carbocycles. The van der Waals surface area contributed by atoms with Gasteiger partial charge in [0.2, 0.25) is 11.8 Å². The van der Waals surface area contributed by atoms with Crippen molar-refractivity contribution in [2.75, 3.05) is 24.5 Å². The van der Waals surface area contributed by atoms with Crippen LogP contribution in [-0.4, -0.2) is 36.3 Å². The van der Waals surface area contributed by atoms with Crippen LogP contribution in [-0.2, 0) is 9.59 Å². The minimum absolute atomic E-state index is 0.0256. The third-order valence-electron chi connectivity index (χ3n) is 3.74. The van der Waals surface area contributed by atoms with E-state index in [2.05, 4.69) is 0 Å². The Morgan fingerprint density at radius 1 is 1.11 bits per heavy atom. The van der Waals surface area contributed by atoms with Gasteiger partial charge in [-0.2, -0.15) is 0 Å². The normalized spacial score (nSPS) is 20.3. The number of anilines is 1. The van der Waals surface area contributed by atoms with Crippen LogP contribution in [0.5, 0.6) is 0 Å². The molecule has 3 rings (SSSR count). The second kappa shape index (κ2) is 5.03. The smallest absolute Gasteiger partial charge is 0.246 e. The van der Waals surface area contributed by atoms with Crippen molar-refractivity contribution in [3.05, 3.63) is 30.3 Å². The third-order valence-corrected chi connectivity index (χ3v) is 3.74. The molecule has 1 saturated heterocycles. The maximum atomic E-state index is 12.3. The molecule has 0 aromatic heterocycles. The molecule has 1 heterocycles. The minimum atomic E-state index is 0.0256. The monoisotopic (exact) mass is 258 g/mol. The first kappa shape index (κ1) is 12.2. The summed E-state index contributed by atoms with van der Waals surface area (Å²) in [5, 5.41) is 0. The van der Waals surface area contributed by atoms with Crippen LogP contribution < -0.4 is 4.90 Å². The highest BCUT2D eigenvalue weighted by Crippen LogP contribution is 2.31. The number of hydrogen-bond acceptors (Lipinski definition) is 2. The molecule has 2 aliphatic rings. The molecule has 1 aliphatic heterocycles. The van der Waals surface area contributed by atoms with E-state index in [-0.39, 0.29) is 24.3 Å². The molecule has 0 spiro atoms. The van der Waals surface area contributed by atoms with E-state index >= 15 is 0 Å². The summed E-state index contributed by atoms with van der Waals surface area (Å²) in [7, 11) is 0. The Kier molecular flexibility index (Phi) is 3.23. The zero-order chi connectivity index (χ0) is 13.2. The van der Waals surface area contributed by atoms with Gasteiger partial charge in [-0.05, 0) is 31.4 Å². The van der Waals surface area contributed by atoms with Gasteiger partial charge in [0.25, 0.3) is 0 Å². The Bertz CT molecular complexity index is 482. The Hall–Kier alpha value is -1.84. The Labute approximate surface area is 113 Å². The van der Waals surface area contributed by atoms with E-state index < -0.39 is 0 Å². The highest BCUT2D eigenvalue weighted by atomic mass is 16.2. The van der Waals surface area contributed by atoms with E-state index in [0.717, 1.165) is 24.9 Å². The van der Waals surface area contributed by atoms with Gasteiger partial charge < -0.3 is 9.80 Å². The van der Waals surface area contributed by atoms with Crippen molar-refractivity contribution in [2.45, 2.75) is 19.3 Å². The number of hydrogen-bond donors (Lipinski definition) is 0. The highest BCUT2D eigenvalue weighted by molar-refractivity contribution is 5.97. The molecular formula is C15H18N2O2. The van der Waals surface area contributed by atoms with E-state index in [1.807, 2.05) is 30.3 Å². The fraction of sp³-hybridized carbons (Fsp3) is 0.467. The van der Waals surface area contributed by atoms with Crippen molar-refractivity contribution in [2.24, 2.45) is 5.92 Å². The van der Waals surface area contributed by atoms with Gasteiger partial charge in [-0.25, -0.2) is 0 Å². The standard InChI is InChI=1S/C15H18N2O2/c18-14-11-16(15(19)12-7-8-12)9-4-10-17(14)13-5-2-1-3-6-13/h1-3,5-6,12H,4,7-11H2. The van der Waals surface area contributed by atoms with Crippen molar-refractivity contribution in [1.29, 1.82) is 0 Å². The van der Waals surface area contributed by atoms with Gasteiger partial charge in [0.1, 0.15) is 6.54 Å². The van der Waals surface area contributed by atoms with Gasteiger partial charge >= 0.3 is 0 Å². The molecule has 100 valence electrons. The lowest BCUT2D eigenvalue weighted by Gasteiger charge is -2.22. The van der Waals surface area contributed by atoms with Crippen LogP contribution in [0.3, 0.4) is 0 Å². The molecule has 4 nitrogen and oxygen atoms in total. The van der Waals surface area contributed by atoms with Gasteiger partial charge in [-0.15, -0.1) is 0 Å². The summed E-state index contributed by atoms with van der Waals surface area (Å²) < 4.78 is 0. The van der Waals surface area contributed by atoms with E-state index in [0.29, 0.717) is 13.1 Å². The van der Waals surface area contributed by atoms with Crippen LogP contribution in [0.2, 0.25) is 0 Å². The molecule has 0 unspecified atom stereocenters. The quantitative estimate of drug-likeness (QED) is 0.809. The van der Waals surface area contributed by atoms with Crippen LogP contribution >= 0.6 is 0 Å². The van der Waals surface area contributed by atoms with Crippen molar-refractivity contribution in [3.8, 4) is 0 Å². The van der Waals surface area contributed by atoms with Gasteiger partial charge in [-0.3, -0.25) is 9.59 Å². The predicted octanol–water partition coefficient (Wildman–Crippen LogP) is 1.66. The van der Waals surface area contributed by atoms with Crippen molar-refractivity contribution in [3.63, 3.8) is 0 Å². The van der Waals surface area contributed by atoms with Gasteiger partial charge in [0.15, 0.2) is 0 Å². The number of amides is 2. The zero-order valence-corrected chi connectivity index (χ0v) is 10.9. The van der Waals surface area contributed by atoms with Gasteiger partial charge in [0, 0.05) is 24.7 Å². The molecule has 1 saturated carbocycles. The second-order valence-electron chi connectivity index (χ2n) is 5.27. The molecule has 2 fully saturated rings. The molecule has 4 heteroatoms. The molecule has 0 N–H and O–H groups in total. The van der Waals surface area contributed by atoms with Crippen molar-refractivity contribution in [1.82, 2.24) is 4.90 Å². The second-order valence-corrected chi connectivity index (χ2v) is 5.27. The molecule has 0 radical (unpaired) electrons. The molecule has 19 heavy (non-hydrogen) atoms. The first-order valence-electron chi connectivity index (χ1n) is 6.90. The lowest BCUT2D eigenvalue weighted by atomic mass is 10.2. The fourth-order valence-corrected chi connectivity index (χ4v) is 2.53. The third kappa shape index (κ3) is 2.62. The number of benzene rings is 1. The van der Waals surface area contributed by atoms with Gasteiger partial charge in [-0.1, -0.05) is 18.2 Å². The fourth-order valence-electron chi connectivity index (χ4n) is 2.53. The van der Waals surface area contributed by atoms with E-state index in [4.69, 9.17) is 0 Å². The first-order valence-corrected chi connectivity index (χ1v) is 6.90. The largest absolute Gasteiger partial charge is 0.333 e. The number of carbonyl (C=O) groups is 2. The average Bonchev–Trinajstić information content (AvgIpc) is 3.26. The average molecular weight is 258 g/mol. The SMILES string of the molecule is O=C(C1CC1)N1CCCN(c2ccccc2)C(=O)C1. The Balaban J connectivity index is 1.73. The van der Waals surface area contributed by atoms with Gasteiger partial charge in [0.05, 0.1) is 0 Å². The Morgan fingerprint density at radius 2 is 1.84 bits per heavy atom. The Morgan fingerprint density at radius 3 is 2.53 bits per heavy atom. The van der Waals surface area contributed by atoms with E-state index in [9.17, 15) is 9.59 Å². The summed E-state index contributed by atoms with van der Waals surface area (Å²) in [6, 6.07) is 9.68. The van der Waals surface area contributed by atoms with E-state index in [1.165, 1.54) is 0 Å². The maximum absolute atomic E-state index is 12.3.